The van der Waals surface area contributed by atoms with Crippen LogP contribution in [-0.4, -0.2) is 40.4 Å². The second kappa shape index (κ2) is 11.0. The number of rotatable bonds is 10. The maximum Gasteiger partial charge on any atom is 0.324 e. The molecule has 0 saturated carbocycles. The molecule has 0 heterocycles. The van der Waals surface area contributed by atoms with Crippen LogP contribution in [0.1, 0.15) is 31.7 Å². The zero-order chi connectivity index (χ0) is 21.2. The van der Waals surface area contributed by atoms with E-state index in [0.717, 1.165) is 29.1 Å². The number of methoxy groups -OCH3 is 4. The third-order valence-electron chi connectivity index (χ3n) is 4.47. The van der Waals surface area contributed by atoms with Crippen LogP contribution in [-0.2, 0) is 25.5 Å². The molecule has 0 unspecified atom stereocenters. The third kappa shape index (κ3) is 5.78. The van der Waals surface area contributed by atoms with Crippen LogP contribution in [0.2, 0.25) is 0 Å². The molecule has 0 bridgehead atoms. The van der Waals surface area contributed by atoms with Gasteiger partial charge in [0.05, 0.1) is 28.4 Å². The average Bonchev–Trinajstić information content (AvgIpc) is 2.71. The number of carbonyl (C=O) groups excluding carboxylic acids is 2. The van der Waals surface area contributed by atoms with Gasteiger partial charge < -0.3 is 18.9 Å². The minimum atomic E-state index is -1.53. The molecule has 0 fully saturated rings. The van der Waals surface area contributed by atoms with Gasteiger partial charge in [-0.25, -0.2) is 0 Å². The molecule has 0 spiro atoms. The van der Waals surface area contributed by atoms with Crippen molar-refractivity contribution in [2.75, 3.05) is 28.4 Å². The molecule has 0 aliphatic heterocycles. The molecule has 6 nitrogen and oxygen atoms in total. The minimum absolute atomic E-state index is 0.0926. The number of allylic oxidation sites excluding steroid dienone is 2. The van der Waals surface area contributed by atoms with Crippen molar-refractivity contribution in [3.8, 4) is 23.8 Å². The lowest BCUT2D eigenvalue weighted by atomic mass is 9.78. The largest absolute Gasteiger partial charge is 0.497 e. The highest BCUT2D eigenvalue weighted by Crippen LogP contribution is 2.33. The Kier molecular flexibility index (Phi) is 9.10. The zero-order valence-corrected chi connectivity index (χ0v) is 17.2. The summed E-state index contributed by atoms with van der Waals surface area (Å²) in [7, 11) is 5.66. The van der Waals surface area contributed by atoms with Gasteiger partial charge in [-0.2, -0.15) is 0 Å². The van der Waals surface area contributed by atoms with Crippen molar-refractivity contribution in [1.29, 1.82) is 0 Å². The maximum atomic E-state index is 12.3. The fourth-order valence-electron chi connectivity index (χ4n) is 3.04. The molecule has 1 aromatic carbocycles. The van der Waals surface area contributed by atoms with Gasteiger partial charge in [0.2, 0.25) is 0 Å². The molecule has 1 rings (SSSR count). The Hall–Kier alpha value is -2.94. The van der Waals surface area contributed by atoms with Gasteiger partial charge in [-0.05, 0) is 43.9 Å². The number of hydrogen-bond donors (Lipinski definition) is 0. The number of aryl methyl sites for hydroxylation is 1. The Bertz CT molecular complexity index is 719. The summed E-state index contributed by atoms with van der Waals surface area (Å²) in [4.78, 5) is 24.6. The molecule has 0 amide bonds. The number of terminal acetylenes is 1. The average molecular weight is 388 g/mol. The first-order valence-corrected chi connectivity index (χ1v) is 8.84. The Morgan fingerprint density at radius 2 is 1.57 bits per heavy atom. The summed E-state index contributed by atoms with van der Waals surface area (Å²) in [6.07, 6.45) is 8.86. The molecule has 0 aliphatic carbocycles. The summed E-state index contributed by atoms with van der Waals surface area (Å²) in [6, 6.07) is 5.69. The zero-order valence-electron chi connectivity index (χ0n) is 17.2. The van der Waals surface area contributed by atoms with E-state index >= 15 is 0 Å². The quantitative estimate of drug-likeness (QED) is 0.265. The predicted molar refractivity (Wildman–Crippen MR) is 106 cm³/mol. The SMILES string of the molecule is C#CCC(C/C(C)=C/CCc1cc(OC)cc(OC)c1)(C(=O)OC)C(=O)OC. The van der Waals surface area contributed by atoms with Crippen molar-refractivity contribution in [3.05, 3.63) is 35.4 Å². The van der Waals surface area contributed by atoms with Crippen molar-refractivity contribution in [2.24, 2.45) is 5.41 Å². The second-order valence-corrected chi connectivity index (χ2v) is 6.43. The first kappa shape index (κ1) is 23.1. The standard InChI is InChI=1S/C22H28O6/c1-7-11-22(20(23)27-5,21(24)28-6)15-16(2)9-8-10-17-12-18(25-3)14-19(13-17)26-4/h1,9,12-14H,8,10-11,15H2,2-6H3/b16-9+. The van der Waals surface area contributed by atoms with Crippen LogP contribution in [0.4, 0.5) is 0 Å². The van der Waals surface area contributed by atoms with E-state index in [1.54, 1.807) is 14.2 Å². The number of hydrogen-bond acceptors (Lipinski definition) is 6. The molecule has 1 aromatic rings. The van der Waals surface area contributed by atoms with Crippen molar-refractivity contribution < 1.29 is 28.5 Å². The first-order valence-electron chi connectivity index (χ1n) is 8.84. The lowest BCUT2D eigenvalue weighted by molar-refractivity contribution is -0.168. The second-order valence-electron chi connectivity index (χ2n) is 6.43. The summed E-state index contributed by atoms with van der Waals surface area (Å²) in [6.45, 7) is 1.85. The molecule has 0 saturated heterocycles. The molecule has 6 heteroatoms. The van der Waals surface area contributed by atoms with Gasteiger partial charge in [-0.1, -0.05) is 11.6 Å². The molecule has 0 N–H and O–H groups in total. The summed E-state index contributed by atoms with van der Waals surface area (Å²) in [5.41, 5.74) is 0.370. The van der Waals surface area contributed by atoms with E-state index in [-0.39, 0.29) is 12.8 Å². The number of carbonyl (C=O) groups is 2. The van der Waals surface area contributed by atoms with E-state index in [2.05, 4.69) is 5.92 Å². The van der Waals surface area contributed by atoms with Crippen molar-refractivity contribution in [1.82, 2.24) is 0 Å². The van der Waals surface area contributed by atoms with Crippen LogP contribution < -0.4 is 9.47 Å². The molecule has 28 heavy (non-hydrogen) atoms. The fraction of sp³-hybridized carbons (Fsp3) is 0.455. The smallest absolute Gasteiger partial charge is 0.324 e. The number of benzene rings is 1. The van der Waals surface area contributed by atoms with E-state index < -0.39 is 17.4 Å². The monoisotopic (exact) mass is 388 g/mol. The Balaban J connectivity index is 2.96. The lowest BCUT2D eigenvalue weighted by Gasteiger charge is -2.26. The van der Waals surface area contributed by atoms with E-state index in [9.17, 15) is 9.59 Å². The Morgan fingerprint density at radius 1 is 1.04 bits per heavy atom. The van der Waals surface area contributed by atoms with Crippen LogP contribution in [0, 0.1) is 17.8 Å². The fourth-order valence-corrected chi connectivity index (χ4v) is 3.04. The maximum absolute atomic E-state index is 12.3. The molecular formula is C22H28O6. The lowest BCUT2D eigenvalue weighted by Crippen LogP contribution is -2.41. The van der Waals surface area contributed by atoms with Crippen LogP contribution in [0.5, 0.6) is 11.5 Å². The normalized spacial score (nSPS) is 11.4. The highest BCUT2D eigenvalue weighted by atomic mass is 16.5. The van der Waals surface area contributed by atoms with Gasteiger partial charge in [0.1, 0.15) is 11.5 Å². The summed E-state index contributed by atoms with van der Waals surface area (Å²) in [5.74, 6) is 2.45. The Labute approximate surface area is 166 Å². The molecule has 0 atom stereocenters. The molecule has 152 valence electrons. The van der Waals surface area contributed by atoms with Crippen LogP contribution in [0.25, 0.3) is 0 Å². The van der Waals surface area contributed by atoms with E-state index in [1.165, 1.54) is 14.2 Å². The molecule has 0 aliphatic rings. The number of esters is 2. The number of ether oxygens (including phenoxy) is 4. The van der Waals surface area contributed by atoms with Crippen LogP contribution in [0.3, 0.4) is 0 Å². The summed E-state index contributed by atoms with van der Waals surface area (Å²) < 4.78 is 20.2. The highest BCUT2D eigenvalue weighted by molar-refractivity contribution is 6.00. The Morgan fingerprint density at radius 3 is 2.00 bits per heavy atom. The van der Waals surface area contributed by atoms with Crippen molar-refractivity contribution in [3.63, 3.8) is 0 Å². The van der Waals surface area contributed by atoms with Gasteiger partial charge in [-0.3, -0.25) is 9.59 Å². The van der Waals surface area contributed by atoms with Crippen molar-refractivity contribution >= 4 is 11.9 Å². The van der Waals surface area contributed by atoms with Crippen LogP contribution >= 0.6 is 0 Å². The highest BCUT2D eigenvalue weighted by Gasteiger charge is 2.47. The predicted octanol–water partition coefficient (Wildman–Crippen LogP) is 3.33. The molecule has 0 aromatic heterocycles. The molecule has 0 radical (unpaired) electrons. The van der Waals surface area contributed by atoms with Gasteiger partial charge in [0.15, 0.2) is 5.41 Å². The van der Waals surface area contributed by atoms with Crippen LogP contribution in [0.15, 0.2) is 29.8 Å². The van der Waals surface area contributed by atoms with Gasteiger partial charge in [0.25, 0.3) is 0 Å². The van der Waals surface area contributed by atoms with E-state index in [1.807, 2.05) is 31.2 Å². The third-order valence-corrected chi connectivity index (χ3v) is 4.47. The van der Waals surface area contributed by atoms with Gasteiger partial charge in [0, 0.05) is 12.5 Å². The first-order chi connectivity index (χ1) is 13.4. The molecular weight excluding hydrogens is 360 g/mol. The summed E-state index contributed by atoms with van der Waals surface area (Å²) >= 11 is 0. The summed E-state index contributed by atoms with van der Waals surface area (Å²) in [5, 5.41) is 0. The van der Waals surface area contributed by atoms with Gasteiger partial charge >= 0.3 is 11.9 Å². The van der Waals surface area contributed by atoms with Gasteiger partial charge in [-0.15, -0.1) is 12.3 Å². The topological polar surface area (TPSA) is 71.1 Å². The minimum Gasteiger partial charge on any atom is -0.497 e. The van der Waals surface area contributed by atoms with Crippen molar-refractivity contribution in [2.45, 2.75) is 32.6 Å². The van der Waals surface area contributed by atoms with E-state index in [4.69, 9.17) is 25.4 Å². The van der Waals surface area contributed by atoms with E-state index in [0.29, 0.717) is 6.42 Å².